The molecule has 94 heavy (non-hydrogen) atoms. The van der Waals surface area contributed by atoms with Crippen LogP contribution >= 0.6 is 0 Å². The maximum absolute atomic E-state index is 15.2. The van der Waals surface area contributed by atoms with Crippen molar-refractivity contribution in [2.45, 2.75) is 269 Å². The van der Waals surface area contributed by atoms with Gasteiger partial charge in [-0.1, -0.05) is 99.3 Å². The van der Waals surface area contributed by atoms with Gasteiger partial charge in [0.05, 0.1) is 12.5 Å². The molecule has 14 atom stereocenters. The van der Waals surface area contributed by atoms with Gasteiger partial charge in [0.2, 0.25) is 65.0 Å². The first-order valence-corrected chi connectivity index (χ1v) is 34.9. The lowest BCUT2D eigenvalue weighted by atomic mass is 9.78. The third kappa shape index (κ3) is 18.1. The van der Waals surface area contributed by atoms with Gasteiger partial charge in [0, 0.05) is 67.8 Å². The van der Waals surface area contributed by atoms with Crippen LogP contribution in [0.4, 0.5) is 17.6 Å². The van der Waals surface area contributed by atoms with Gasteiger partial charge in [-0.15, -0.1) is 0 Å². The molecule has 11 amide bonds. The molecule has 6 aliphatic rings. The van der Waals surface area contributed by atoms with Gasteiger partial charge in [0.15, 0.2) is 0 Å². The molecule has 532 valence electrons. The zero-order valence-electron chi connectivity index (χ0n) is 58.5. The number of hydrogen-bond donors (Lipinski definition) is 3. The number of rotatable bonds is 11. The van der Waals surface area contributed by atoms with Crippen molar-refractivity contribution in [1.29, 1.82) is 0 Å². The summed E-state index contributed by atoms with van der Waals surface area (Å²) in [6.07, 6.45) is -0.0457. The Balaban J connectivity index is 1.38. The van der Waals surface area contributed by atoms with Gasteiger partial charge in [-0.05, 0) is 120 Å². The molecule has 0 bridgehead atoms. The molecule has 6 rings (SSSR count). The van der Waals surface area contributed by atoms with Crippen LogP contribution < -0.4 is 16.0 Å². The summed E-state index contributed by atoms with van der Waals surface area (Å²) in [6.45, 7) is 14.0. The summed E-state index contributed by atoms with van der Waals surface area (Å²) in [6, 6.07) is -9.81. The van der Waals surface area contributed by atoms with Crippen molar-refractivity contribution in [2.24, 2.45) is 35.5 Å². The zero-order chi connectivity index (χ0) is 70.0. The quantitative estimate of drug-likeness (QED) is 0.196. The van der Waals surface area contributed by atoms with Gasteiger partial charge in [0.1, 0.15) is 60.0 Å². The summed E-state index contributed by atoms with van der Waals surface area (Å²) in [7, 11) is 8.89. The van der Waals surface area contributed by atoms with Crippen molar-refractivity contribution in [3.8, 4) is 0 Å². The van der Waals surface area contributed by atoms with Crippen molar-refractivity contribution in [3.63, 3.8) is 0 Å². The van der Waals surface area contributed by atoms with E-state index in [1.165, 1.54) is 76.5 Å². The second-order valence-electron chi connectivity index (χ2n) is 29.1. The van der Waals surface area contributed by atoms with Crippen molar-refractivity contribution in [1.82, 2.24) is 55.1 Å². The maximum atomic E-state index is 15.2. The third-order valence-electron chi connectivity index (χ3n) is 22.2. The molecule has 0 aromatic heterocycles. The van der Waals surface area contributed by atoms with E-state index in [9.17, 15) is 56.3 Å². The Kier molecular flexibility index (Phi) is 27.2. The normalized spacial score (nSPS) is 31.5. The minimum atomic E-state index is -4.74. The molecule has 1 spiro atoms. The summed E-state index contributed by atoms with van der Waals surface area (Å²) in [5, 5.41) is 8.77. The van der Waals surface area contributed by atoms with E-state index >= 15 is 14.0 Å². The first-order chi connectivity index (χ1) is 44.1. The molecule has 3 aliphatic heterocycles. The van der Waals surface area contributed by atoms with Crippen molar-refractivity contribution >= 4 is 65.0 Å². The SMILES string of the molecule is CC[C@H](C)[C@@H]1NC(=O)[C@H](CC(C)C)N(C)C(=O)C[C@@H](C)N(C)C(=O)[C@H]([C@@H](C)CC)N(C)C(=O)C2(CCCC2)NC(=O)[C@@H]2CCCN2C(=O)[C@H](CCC2CCC(C(F)(F)F)C(F)C2)NC(=O)CN(C)C(=O)[C@H](CC2CCCCC2)N(C)C(=O)[C@@H]2CCN2C(=O)[C@H](C)N(C)C1=O. The predicted octanol–water partition coefficient (Wildman–Crippen LogP) is 6.22. The van der Waals surface area contributed by atoms with Crippen LogP contribution in [0.3, 0.4) is 0 Å². The van der Waals surface area contributed by atoms with E-state index < -0.39 is 180 Å². The lowest BCUT2D eigenvalue weighted by Gasteiger charge is -2.45. The molecule has 0 aromatic rings. The van der Waals surface area contributed by atoms with Crippen LogP contribution in [0, 0.1) is 35.5 Å². The molecule has 3 saturated carbocycles. The second kappa shape index (κ2) is 33.2. The standard InChI is InChI=1S/C68H111F4N11O11/c1-15-41(5)56-64(92)78(11)44(8)60(88)83-34-30-51(83)63(91)80(13)53(38-45-23-18-17-19-24-45)62(90)76(9)39-54(84)73-49(29-27-46-26-28-47(48(69)37-46)68(70,71)72)61(89)82-33-22-25-50(82)59(87)75-67(31-20-21-32-67)66(94)81(14)57(42(6)16-2)65(93)77(10)43(7)36-55(85)79(12)52(35-40(3)4)58(86)74-56/h40-53,56-57H,15-39H2,1-14H3,(H,73,84)(H,74,86)(H,75,87)/t41-,42-,43+,44-,46?,47?,48?,49-,50-,51-,52-,53-,56-,57-/m0/s1. The van der Waals surface area contributed by atoms with E-state index in [0.29, 0.717) is 32.1 Å². The predicted molar refractivity (Wildman–Crippen MR) is 345 cm³/mol. The first-order valence-electron chi connectivity index (χ1n) is 34.9. The van der Waals surface area contributed by atoms with E-state index in [2.05, 4.69) is 16.0 Å². The van der Waals surface area contributed by atoms with Gasteiger partial charge >= 0.3 is 6.18 Å². The smallest absolute Gasteiger partial charge is 0.343 e. The van der Waals surface area contributed by atoms with Crippen LogP contribution in [0.5, 0.6) is 0 Å². The lowest BCUT2D eigenvalue weighted by molar-refractivity contribution is -0.201. The molecule has 26 heteroatoms. The van der Waals surface area contributed by atoms with E-state index in [1.807, 2.05) is 34.6 Å². The molecule has 3 N–H and O–H groups in total. The van der Waals surface area contributed by atoms with Crippen LogP contribution in [0.15, 0.2) is 0 Å². The van der Waals surface area contributed by atoms with Crippen LogP contribution in [0.1, 0.15) is 197 Å². The fourth-order valence-corrected chi connectivity index (χ4v) is 15.2. The van der Waals surface area contributed by atoms with E-state index in [4.69, 9.17) is 0 Å². The summed E-state index contributed by atoms with van der Waals surface area (Å²) >= 11 is 0. The lowest BCUT2D eigenvalue weighted by Crippen LogP contribution is -2.65. The summed E-state index contributed by atoms with van der Waals surface area (Å²) in [4.78, 5) is 173. The largest absolute Gasteiger partial charge is 0.394 e. The minimum Gasteiger partial charge on any atom is -0.343 e. The Hall–Kier alpha value is -6.11. The molecule has 0 radical (unpaired) electrons. The average Bonchev–Trinajstić information content (AvgIpc) is 1.20. The van der Waals surface area contributed by atoms with Gasteiger partial charge in [0.25, 0.3) is 0 Å². The van der Waals surface area contributed by atoms with Gasteiger partial charge in [-0.2, -0.15) is 13.2 Å². The molecule has 0 aromatic carbocycles. The highest BCUT2D eigenvalue weighted by Crippen LogP contribution is 2.43. The minimum absolute atomic E-state index is 0.0157. The van der Waals surface area contributed by atoms with Crippen molar-refractivity contribution in [3.05, 3.63) is 0 Å². The highest BCUT2D eigenvalue weighted by Gasteiger charge is 2.52. The number of halogens is 4. The Labute approximate surface area is 554 Å². The Morgan fingerprint density at radius 2 is 1.20 bits per heavy atom. The maximum Gasteiger partial charge on any atom is 0.394 e. The van der Waals surface area contributed by atoms with E-state index in [-0.39, 0.29) is 89.1 Å². The number of alkyl halides is 4. The number of hydrogen-bond acceptors (Lipinski definition) is 11. The molecular weight excluding hydrogens is 1220 g/mol. The number of fused-ring (bicyclic) bond motifs is 2. The monoisotopic (exact) mass is 1330 g/mol. The first kappa shape index (κ1) is 76.9. The fourth-order valence-electron chi connectivity index (χ4n) is 15.2. The summed E-state index contributed by atoms with van der Waals surface area (Å²) < 4.78 is 56.7. The number of nitrogens with zero attached hydrogens (tertiary/aromatic N) is 8. The van der Waals surface area contributed by atoms with Gasteiger partial charge in [-0.3, -0.25) is 52.7 Å². The van der Waals surface area contributed by atoms with E-state index in [1.54, 1.807) is 20.9 Å². The van der Waals surface area contributed by atoms with Crippen molar-refractivity contribution in [2.75, 3.05) is 61.9 Å². The molecule has 3 unspecified atom stereocenters. The molecule has 3 aliphatic carbocycles. The van der Waals surface area contributed by atoms with Gasteiger partial charge in [-0.25, -0.2) is 4.39 Å². The van der Waals surface area contributed by atoms with Crippen LogP contribution in [-0.4, -0.2) is 238 Å². The fraction of sp³-hybridized carbons (Fsp3) is 0.838. The Morgan fingerprint density at radius 1 is 0.574 bits per heavy atom. The summed E-state index contributed by atoms with van der Waals surface area (Å²) in [5.74, 6) is -10.1. The molecule has 3 saturated heterocycles. The van der Waals surface area contributed by atoms with Crippen LogP contribution in [-0.2, 0) is 52.7 Å². The number of amides is 11. The van der Waals surface area contributed by atoms with Gasteiger partial charge < -0.3 is 55.1 Å². The molecule has 6 fully saturated rings. The van der Waals surface area contributed by atoms with E-state index in [0.717, 1.165) is 37.0 Å². The van der Waals surface area contributed by atoms with Crippen LogP contribution in [0.2, 0.25) is 0 Å². The number of likely N-dealkylation sites (N-methyl/N-ethyl adjacent to an activating group) is 6. The molecule has 22 nitrogen and oxygen atoms in total. The highest BCUT2D eigenvalue weighted by molar-refractivity contribution is 6.00. The number of carbonyl (C=O) groups excluding carboxylic acids is 11. The number of carbonyl (C=O) groups is 11. The summed E-state index contributed by atoms with van der Waals surface area (Å²) in [5.41, 5.74) is -1.50. The van der Waals surface area contributed by atoms with Crippen molar-refractivity contribution < 1.29 is 70.3 Å². The Morgan fingerprint density at radius 3 is 1.78 bits per heavy atom. The number of nitrogens with one attached hydrogen (secondary N) is 3. The topological polar surface area (TPSA) is 250 Å². The third-order valence-corrected chi connectivity index (χ3v) is 22.2. The molecular formula is C68H111F4N11O11. The zero-order valence-corrected chi connectivity index (χ0v) is 58.5. The Bertz CT molecular complexity index is 2710. The van der Waals surface area contributed by atoms with Crippen LogP contribution in [0.25, 0.3) is 0 Å². The highest BCUT2D eigenvalue weighted by atomic mass is 19.4. The average molecular weight is 1330 g/mol. The second-order valence-corrected chi connectivity index (χ2v) is 29.1. The molecule has 3 heterocycles.